The van der Waals surface area contributed by atoms with Crippen LogP contribution in [0.1, 0.15) is 41.4 Å². The molecule has 6 rings (SSSR count). The molecule has 1 aliphatic heterocycles. The zero-order valence-electron chi connectivity index (χ0n) is 26.5. The molecule has 0 radical (unpaired) electrons. The summed E-state index contributed by atoms with van der Waals surface area (Å²) in [5, 5.41) is 2.22. The summed E-state index contributed by atoms with van der Waals surface area (Å²) in [4.78, 5) is 38.1. The van der Waals surface area contributed by atoms with Crippen LogP contribution in [0.25, 0.3) is 21.9 Å². The molecule has 1 N–H and O–H groups in total. The molecule has 1 atom stereocenters. The SMILES string of the molecule is COCCN(C)C(=O)c1cn(C(CC2CCN(C(=O)COc3ccccc3)CC2)c2cnc[nH]2)cc1-c1cccc2ccccc12. The topological polar surface area (TPSA) is 92.7 Å². The number of nitrogens with zero attached hydrogens (tertiary/aromatic N) is 4. The molecule has 1 fully saturated rings. The first-order valence-electron chi connectivity index (χ1n) is 15.9. The number of likely N-dealkylation sites (N-methyl/N-ethyl adjacent to an activating group) is 1. The summed E-state index contributed by atoms with van der Waals surface area (Å²) >= 11 is 0. The number of nitrogens with one attached hydrogen (secondary N) is 1. The van der Waals surface area contributed by atoms with Gasteiger partial charge in [-0.2, -0.15) is 0 Å². The minimum absolute atomic E-state index is 0.0123. The number of aromatic amines is 1. The molecular weight excluding hydrogens is 578 g/mol. The standard InChI is InChI=1S/C37H41N5O4/c1-40(19-20-45-2)37(44)33-24-42(23-32(33)31-14-8-10-28-9-6-7-13-30(28)31)35(34-22-38-26-39-34)21-27-15-17-41(18-16-27)36(43)25-46-29-11-4-3-5-12-29/h3-14,22-24,26-27,35H,15-21,25H2,1-2H3,(H,38,39). The van der Waals surface area contributed by atoms with Crippen LogP contribution in [-0.4, -0.2) is 83.2 Å². The maximum atomic E-state index is 13.9. The molecule has 2 aromatic heterocycles. The van der Waals surface area contributed by atoms with Crippen LogP contribution in [0.5, 0.6) is 5.75 Å². The summed E-state index contributed by atoms with van der Waals surface area (Å²) in [6, 6.07) is 23.9. The van der Waals surface area contributed by atoms with E-state index in [0.717, 1.165) is 46.9 Å². The molecular formula is C37H41N5O4. The minimum Gasteiger partial charge on any atom is -0.484 e. The minimum atomic E-state index is -0.0595. The number of para-hydroxylation sites is 1. The number of benzene rings is 3. The second kappa shape index (κ2) is 14.5. The number of rotatable bonds is 12. The largest absolute Gasteiger partial charge is 0.484 e. The van der Waals surface area contributed by atoms with Crippen LogP contribution in [0, 0.1) is 5.92 Å². The lowest BCUT2D eigenvalue weighted by Gasteiger charge is -2.33. The molecule has 3 aromatic carbocycles. The Morgan fingerprint density at radius 2 is 1.74 bits per heavy atom. The van der Waals surface area contributed by atoms with Crippen molar-refractivity contribution in [3.63, 3.8) is 0 Å². The number of imidazole rings is 1. The number of methoxy groups -OCH3 is 1. The van der Waals surface area contributed by atoms with Crippen molar-refractivity contribution >= 4 is 22.6 Å². The summed E-state index contributed by atoms with van der Waals surface area (Å²) in [5.74, 6) is 1.05. The van der Waals surface area contributed by atoms with Crippen molar-refractivity contribution in [1.29, 1.82) is 0 Å². The summed E-state index contributed by atoms with van der Waals surface area (Å²) in [6.07, 6.45) is 10.3. The molecule has 0 aliphatic carbocycles. The zero-order valence-corrected chi connectivity index (χ0v) is 26.5. The van der Waals surface area contributed by atoms with Crippen LogP contribution < -0.4 is 4.74 Å². The number of aromatic nitrogens is 3. The molecule has 1 unspecified atom stereocenters. The van der Waals surface area contributed by atoms with Crippen molar-refractivity contribution in [3.05, 3.63) is 109 Å². The van der Waals surface area contributed by atoms with Crippen molar-refractivity contribution in [2.24, 2.45) is 5.92 Å². The van der Waals surface area contributed by atoms with E-state index in [-0.39, 0.29) is 24.5 Å². The number of ether oxygens (including phenoxy) is 2. The Kier molecular flexibility index (Phi) is 9.79. The van der Waals surface area contributed by atoms with Crippen molar-refractivity contribution in [2.75, 3.05) is 47.0 Å². The first kappa shape index (κ1) is 31.1. The number of piperidine rings is 1. The van der Waals surface area contributed by atoms with Crippen LogP contribution in [0.4, 0.5) is 0 Å². The molecule has 3 heterocycles. The van der Waals surface area contributed by atoms with Gasteiger partial charge in [0.2, 0.25) is 0 Å². The lowest BCUT2D eigenvalue weighted by atomic mass is 9.89. The van der Waals surface area contributed by atoms with Gasteiger partial charge in [-0.25, -0.2) is 4.98 Å². The number of H-pyrrole nitrogens is 1. The number of carbonyl (C=O) groups excluding carboxylic acids is 2. The Hall–Kier alpha value is -4.89. The van der Waals surface area contributed by atoms with Crippen molar-refractivity contribution in [2.45, 2.75) is 25.3 Å². The highest BCUT2D eigenvalue weighted by molar-refractivity contribution is 6.06. The molecule has 2 amide bonds. The molecule has 9 nitrogen and oxygen atoms in total. The van der Waals surface area contributed by atoms with Crippen LogP contribution in [0.3, 0.4) is 0 Å². The van der Waals surface area contributed by atoms with Gasteiger partial charge in [0, 0.05) is 51.7 Å². The van der Waals surface area contributed by atoms with Gasteiger partial charge in [0.25, 0.3) is 11.8 Å². The van der Waals surface area contributed by atoms with Gasteiger partial charge in [-0.3, -0.25) is 9.59 Å². The van der Waals surface area contributed by atoms with Gasteiger partial charge < -0.3 is 28.8 Å². The second-order valence-electron chi connectivity index (χ2n) is 12.0. The van der Waals surface area contributed by atoms with Gasteiger partial charge >= 0.3 is 0 Å². The van der Waals surface area contributed by atoms with Crippen LogP contribution in [0.2, 0.25) is 0 Å². The second-order valence-corrected chi connectivity index (χ2v) is 12.0. The Bertz CT molecular complexity index is 1740. The smallest absolute Gasteiger partial charge is 0.260 e. The average Bonchev–Trinajstić information content (AvgIpc) is 3.80. The third-order valence-electron chi connectivity index (χ3n) is 9.00. The Labute approximate surface area is 269 Å². The first-order valence-corrected chi connectivity index (χ1v) is 15.9. The number of amides is 2. The normalized spacial score (nSPS) is 14.3. The molecule has 46 heavy (non-hydrogen) atoms. The molecule has 1 saturated heterocycles. The fraction of sp³-hybridized carbons (Fsp3) is 0.324. The lowest BCUT2D eigenvalue weighted by Crippen LogP contribution is -2.41. The van der Waals surface area contributed by atoms with Crippen molar-refractivity contribution in [3.8, 4) is 16.9 Å². The highest BCUT2D eigenvalue weighted by Gasteiger charge is 2.29. The van der Waals surface area contributed by atoms with Crippen molar-refractivity contribution < 1.29 is 19.1 Å². The van der Waals surface area contributed by atoms with Crippen LogP contribution in [0.15, 0.2) is 97.7 Å². The molecule has 0 spiro atoms. The number of hydrogen-bond donors (Lipinski definition) is 1. The third kappa shape index (κ3) is 7.00. The first-order chi connectivity index (χ1) is 22.5. The summed E-state index contributed by atoms with van der Waals surface area (Å²) in [6.45, 7) is 2.38. The Morgan fingerprint density at radius 3 is 2.50 bits per heavy atom. The number of carbonyl (C=O) groups is 2. The Morgan fingerprint density at radius 1 is 0.978 bits per heavy atom. The fourth-order valence-electron chi connectivity index (χ4n) is 6.38. The third-order valence-corrected chi connectivity index (χ3v) is 9.00. The van der Waals surface area contributed by atoms with Gasteiger partial charge in [-0.1, -0.05) is 60.7 Å². The van der Waals surface area contributed by atoms with Crippen LogP contribution >= 0.6 is 0 Å². The summed E-state index contributed by atoms with van der Waals surface area (Å²) < 4.78 is 13.1. The molecule has 9 heteroatoms. The van der Waals surface area contributed by atoms with E-state index in [1.54, 1.807) is 18.3 Å². The number of hydrogen-bond acceptors (Lipinski definition) is 5. The van der Waals surface area contributed by atoms with Crippen LogP contribution in [-0.2, 0) is 9.53 Å². The van der Waals surface area contributed by atoms with Gasteiger partial charge in [0.1, 0.15) is 5.75 Å². The van der Waals surface area contributed by atoms with E-state index in [0.29, 0.717) is 43.5 Å². The van der Waals surface area contributed by atoms with E-state index < -0.39 is 0 Å². The predicted octanol–water partition coefficient (Wildman–Crippen LogP) is 6.05. The van der Waals surface area contributed by atoms with E-state index in [2.05, 4.69) is 45.0 Å². The number of likely N-dealkylation sites (tertiary alicyclic amines) is 1. The molecule has 0 bridgehead atoms. The fourth-order valence-corrected chi connectivity index (χ4v) is 6.38. The van der Waals surface area contributed by atoms with E-state index in [1.165, 1.54) is 0 Å². The maximum Gasteiger partial charge on any atom is 0.260 e. The molecule has 0 saturated carbocycles. The summed E-state index contributed by atoms with van der Waals surface area (Å²) in [5.41, 5.74) is 3.56. The van der Waals surface area contributed by atoms with Gasteiger partial charge in [-0.05, 0) is 53.6 Å². The van der Waals surface area contributed by atoms with E-state index in [9.17, 15) is 9.59 Å². The molecule has 1 aliphatic rings. The van der Waals surface area contributed by atoms with E-state index in [1.807, 2.05) is 72.9 Å². The molecule has 238 valence electrons. The maximum absolute atomic E-state index is 13.9. The van der Waals surface area contributed by atoms with E-state index in [4.69, 9.17) is 9.47 Å². The van der Waals surface area contributed by atoms with Gasteiger partial charge in [0.15, 0.2) is 6.61 Å². The monoisotopic (exact) mass is 619 g/mol. The van der Waals surface area contributed by atoms with Gasteiger partial charge in [0.05, 0.1) is 36.4 Å². The number of fused-ring (bicyclic) bond motifs is 1. The molecule has 5 aromatic rings. The quantitative estimate of drug-likeness (QED) is 0.184. The Balaban J connectivity index is 1.25. The van der Waals surface area contributed by atoms with Gasteiger partial charge in [-0.15, -0.1) is 0 Å². The van der Waals surface area contributed by atoms with Crippen molar-refractivity contribution in [1.82, 2.24) is 24.3 Å². The zero-order chi connectivity index (χ0) is 31.9. The average molecular weight is 620 g/mol. The highest BCUT2D eigenvalue weighted by Crippen LogP contribution is 2.37. The summed E-state index contributed by atoms with van der Waals surface area (Å²) in [7, 11) is 3.46. The highest BCUT2D eigenvalue weighted by atomic mass is 16.5. The lowest BCUT2D eigenvalue weighted by molar-refractivity contribution is -0.134. The van der Waals surface area contributed by atoms with E-state index >= 15 is 0 Å². The predicted molar refractivity (Wildman–Crippen MR) is 179 cm³/mol.